The van der Waals surface area contributed by atoms with Crippen molar-refractivity contribution in [3.8, 4) is 39.3 Å². The average molecular weight is 908 g/mol. The minimum Gasteiger partial charge on any atom is -0.309 e. The Morgan fingerprint density at radius 2 is 0.629 bits per heavy atom. The number of para-hydroxylation sites is 2. The molecule has 0 saturated carbocycles. The van der Waals surface area contributed by atoms with E-state index in [4.69, 9.17) is 0 Å². The summed E-state index contributed by atoms with van der Waals surface area (Å²) in [5.41, 5.74) is 15.4. The molecule has 0 N–H and O–H groups in total. The van der Waals surface area contributed by atoms with Crippen molar-refractivity contribution in [3.63, 3.8) is 0 Å². The molecule has 11 aromatic carbocycles. The Hall–Kier alpha value is -8.96. The third kappa shape index (κ3) is 5.94. The van der Waals surface area contributed by atoms with Gasteiger partial charge in [-0.05, 0) is 86.5 Å². The summed E-state index contributed by atoms with van der Waals surface area (Å²) in [6, 6.07) is 101. The highest BCUT2D eigenvalue weighted by molar-refractivity contribution is 7.19. The Balaban J connectivity index is 1.00. The number of hydrogen-bond acceptors (Lipinski definition) is 0. The molecule has 70 heavy (non-hydrogen) atoms. The first-order chi connectivity index (χ1) is 34.8. The molecule has 0 saturated heterocycles. The number of aromatic nitrogens is 3. The Morgan fingerprint density at radius 3 is 1.17 bits per heavy atom. The fraction of sp³-hybridized carbons (Fsp3) is 0. The third-order valence-electron chi connectivity index (χ3n) is 14.8. The van der Waals surface area contributed by atoms with E-state index in [1.165, 1.54) is 103 Å². The molecule has 0 aliphatic heterocycles. The molecule has 0 fully saturated rings. The molecule has 0 atom stereocenters. The third-order valence-corrected chi connectivity index (χ3v) is 19.5. The lowest BCUT2D eigenvalue weighted by atomic mass is 9.95. The molecule has 3 aromatic heterocycles. The van der Waals surface area contributed by atoms with Crippen molar-refractivity contribution >= 4 is 83.5 Å². The van der Waals surface area contributed by atoms with Crippen molar-refractivity contribution in [1.82, 2.24) is 13.7 Å². The van der Waals surface area contributed by atoms with E-state index in [1.54, 1.807) is 0 Å². The fourth-order valence-electron chi connectivity index (χ4n) is 11.9. The zero-order valence-corrected chi connectivity index (χ0v) is 39.3. The summed E-state index contributed by atoms with van der Waals surface area (Å²) in [7, 11) is -2.79. The molecule has 0 amide bonds. The van der Waals surface area contributed by atoms with E-state index in [0.717, 1.165) is 11.4 Å². The van der Waals surface area contributed by atoms with Crippen LogP contribution in [0.4, 0.5) is 0 Å². The predicted molar refractivity (Wildman–Crippen MR) is 298 cm³/mol. The number of hydrogen-bond donors (Lipinski definition) is 0. The zero-order chi connectivity index (χ0) is 46.2. The van der Waals surface area contributed by atoms with Crippen molar-refractivity contribution in [3.05, 3.63) is 273 Å². The second-order valence-electron chi connectivity index (χ2n) is 18.4. The van der Waals surface area contributed by atoms with Crippen LogP contribution in [0, 0.1) is 0 Å². The van der Waals surface area contributed by atoms with Crippen LogP contribution < -0.4 is 20.7 Å². The zero-order valence-electron chi connectivity index (χ0n) is 38.3. The van der Waals surface area contributed by atoms with Crippen LogP contribution in [-0.2, 0) is 0 Å². The smallest absolute Gasteiger partial charge is 0.179 e. The van der Waals surface area contributed by atoms with Gasteiger partial charge in [0.1, 0.15) is 0 Å². The molecule has 3 nitrogen and oxygen atoms in total. The van der Waals surface area contributed by atoms with Gasteiger partial charge in [-0.25, -0.2) is 0 Å². The van der Waals surface area contributed by atoms with Crippen LogP contribution in [0.15, 0.2) is 273 Å². The van der Waals surface area contributed by atoms with Gasteiger partial charge in [-0.2, -0.15) is 0 Å². The van der Waals surface area contributed by atoms with Crippen LogP contribution in [0.25, 0.3) is 94.0 Å². The molecular formula is C66H45N3Si. The van der Waals surface area contributed by atoms with Gasteiger partial charge in [0.15, 0.2) is 8.07 Å². The van der Waals surface area contributed by atoms with Gasteiger partial charge in [-0.1, -0.05) is 218 Å². The fourth-order valence-corrected chi connectivity index (χ4v) is 16.7. The number of fused-ring (bicyclic) bond motifs is 3. The normalized spacial score (nSPS) is 12.0. The highest BCUT2D eigenvalue weighted by Crippen LogP contribution is 2.46. The van der Waals surface area contributed by atoms with Crippen LogP contribution in [0.2, 0.25) is 0 Å². The van der Waals surface area contributed by atoms with Crippen molar-refractivity contribution < 1.29 is 0 Å². The second-order valence-corrected chi connectivity index (χ2v) is 22.2. The predicted octanol–water partition coefficient (Wildman–Crippen LogP) is 14.0. The molecule has 14 rings (SSSR count). The number of benzene rings is 11. The second kappa shape index (κ2) is 16.1. The first kappa shape index (κ1) is 40.1. The van der Waals surface area contributed by atoms with Gasteiger partial charge in [-0.15, -0.1) is 0 Å². The summed E-state index contributed by atoms with van der Waals surface area (Å²) < 4.78 is 7.52. The monoisotopic (exact) mass is 907 g/mol. The van der Waals surface area contributed by atoms with E-state index in [9.17, 15) is 0 Å². The first-order valence-electron chi connectivity index (χ1n) is 24.2. The van der Waals surface area contributed by atoms with Crippen molar-refractivity contribution in [2.24, 2.45) is 0 Å². The summed E-state index contributed by atoms with van der Waals surface area (Å²) in [6.45, 7) is 0. The summed E-state index contributed by atoms with van der Waals surface area (Å²) >= 11 is 0. The number of nitrogens with zero attached hydrogens (tertiary/aromatic N) is 3. The van der Waals surface area contributed by atoms with Crippen LogP contribution in [0.5, 0.6) is 0 Å². The standard InChI is InChI=1S/C66H45N3Si/c1-6-22-46(23-7-1)54-35-19-36-55(47-24-8-2-9-25-47)66(54)69-61-40-20-38-59-64(61)65-60(39-21-41-62(65)69)68(59)49-42-43-57-56-34-16-17-37-58(56)67(63(57)45-49)48-26-18-33-53(44-48)70(50-27-10-3-11-28-50,51-29-12-4-13-30-51)52-31-14-5-15-32-52/h1-45H. The lowest BCUT2D eigenvalue weighted by molar-refractivity contribution is 1.15. The maximum absolute atomic E-state index is 2.79. The highest BCUT2D eigenvalue weighted by Gasteiger charge is 2.41. The van der Waals surface area contributed by atoms with E-state index in [1.807, 2.05) is 0 Å². The summed E-state index contributed by atoms with van der Waals surface area (Å²) in [5, 5.41) is 10.4. The van der Waals surface area contributed by atoms with Gasteiger partial charge in [0, 0.05) is 44.0 Å². The van der Waals surface area contributed by atoms with E-state index in [2.05, 4.69) is 287 Å². The molecule has 14 aromatic rings. The van der Waals surface area contributed by atoms with Gasteiger partial charge in [0.05, 0.1) is 38.8 Å². The quantitative estimate of drug-likeness (QED) is 0.101. The van der Waals surface area contributed by atoms with E-state index in [-0.39, 0.29) is 0 Å². The lowest BCUT2D eigenvalue weighted by Crippen LogP contribution is -2.74. The molecule has 328 valence electrons. The summed E-state index contributed by atoms with van der Waals surface area (Å²) in [5.74, 6) is 0. The van der Waals surface area contributed by atoms with Crippen LogP contribution in [-0.4, -0.2) is 21.8 Å². The molecule has 4 heteroatoms. The average Bonchev–Trinajstić information content (AvgIpc) is 4.09. The van der Waals surface area contributed by atoms with Gasteiger partial charge in [0.25, 0.3) is 0 Å². The molecule has 0 aliphatic carbocycles. The highest BCUT2D eigenvalue weighted by atomic mass is 28.3. The molecular weight excluding hydrogens is 863 g/mol. The summed E-state index contributed by atoms with van der Waals surface area (Å²) in [4.78, 5) is 0. The van der Waals surface area contributed by atoms with Crippen LogP contribution in [0.1, 0.15) is 0 Å². The molecule has 0 radical (unpaired) electrons. The SMILES string of the molecule is c1ccc(-c2cccc(-c3ccccc3)c2-n2c3cccc4c3c3c(cccc32)n4-c2ccc3c4ccccc4n(-c4cccc([Si](c5ccccc5)(c5ccccc5)c5ccccc5)c4)c3c2)cc1. The Labute approximate surface area is 407 Å². The first-order valence-corrected chi connectivity index (χ1v) is 26.2. The van der Waals surface area contributed by atoms with Crippen LogP contribution >= 0.6 is 0 Å². The van der Waals surface area contributed by atoms with Gasteiger partial charge in [-0.3, -0.25) is 0 Å². The van der Waals surface area contributed by atoms with E-state index in [0.29, 0.717) is 0 Å². The van der Waals surface area contributed by atoms with Crippen molar-refractivity contribution in [1.29, 1.82) is 0 Å². The summed E-state index contributed by atoms with van der Waals surface area (Å²) in [6.07, 6.45) is 0. The van der Waals surface area contributed by atoms with E-state index >= 15 is 0 Å². The topological polar surface area (TPSA) is 14.8 Å². The molecule has 0 unspecified atom stereocenters. The molecule has 0 aliphatic rings. The minimum absolute atomic E-state index is 1.13. The number of rotatable bonds is 9. The largest absolute Gasteiger partial charge is 0.309 e. The molecule has 0 bridgehead atoms. The van der Waals surface area contributed by atoms with Crippen LogP contribution in [0.3, 0.4) is 0 Å². The Bertz CT molecular complexity index is 3990. The molecule has 3 heterocycles. The molecule has 0 spiro atoms. The maximum atomic E-state index is 2.53. The Morgan fingerprint density at radius 1 is 0.243 bits per heavy atom. The maximum Gasteiger partial charge on any atom is 0.179 e. The van der Waals surface area contributed by atoms with Crippen molar-refractivity contribution in [2.75, 3.05) is 0 Å². The van der Waals surface area contributed by atoms with Crippen molar-refractivity contribution in [2.45, 2.75) is 0 Å². The minimum atomic E-state index is -2.79. The van der Waals surface area contributed by atoms with Gasteiger partial charge in [0.2, 0.25) is 0 Å². The van der Waals surface area contributed by atoms with Gasteiger partial charge >= 0.3 is 0 Å². The van der Waals surface area contributed by atoms with Gasteiger partial charge < -0.3 is 13.7 Å². The lowest BCUT2D eigenvalue weighted by Gasteiger charge is -2.34. The van der Waals surface area contributed by atoms with E-state index < -0.39 is 8.07 Å². The Kier molecular flexibility index (Phi) is 9.23.